The minimum Gasteiger partial charge on any atom is -0.497 e. The van der Waals surface area contributed by atoms with Crippen LogP contribution in [-0.4, -0.2) is 24.6 Å². The third-order valence-corrected chi connectivity index (χ3v) is 4.41. The molecule has 0 spiro atoms. The van der Waals surface area contributed by atoms with Crippen LogP contribution < -0.4 is 15.4 Å². The van der Waals surface area contributed by atoms with E-state index in [4.69, 9.17) is 4.74 Å². The molecule has 0 saturated carbocycles. The second-order valence-electron chi connectivity index (χ2n) is 5.14. The maximum Gasteiger partial charge on any atom is 0.191 e. The van der Waals surface area contributed by atoms with Gasteiger partial charge in [0, 0.05) is 11.4 Å². The van der Waals surface area contributed by atoms with Gasteiger partial charge in [-0.15, -0.1) is 35.3 Å². The highest BCUT2D eigenvalue weighted by molar-refractivity contribution is 14.0. The predicted octanol–water partition coefficient (Wildman–Crippen LogP) is 3.64. The third-order valence-electron chi connectivity index (χ3n) is 3.34. The minimum atomic E-state index is 0. The van der Waals surface area contributed by atoms with Gasteiger partial charge < -0.3 is 15.4 Å². The van der Waals surface area contributed by atoms with Crippen molar-refractivity contribution in [3.8, 4) is 5.75 Å². The summed E-state index contributed by atoms with van der Waals surface area (Å²) < 4.78 is 5.17. The molecule has 0 aliphatic heterocycles. The van der Waals surface area contributed by atoms with Gasteiger partial charge >= 0.3 is 0 Å². The number of nitrogens with zero attached hydrogens (tertiary/aromatic N) is 2. The van der Waals surface area contributed by atoms with Gasteiger partial charge in [0.2, 0.25) is 0 Å². The number of hydrogen-bond acceptors (Lipinski definition) is 4. The van der Waals surface area contributed by atoms with Gasteiger partial charge in [0.25, 0.3) is 0 Å². The first kappa shape index (κ1) is 20.7. The number of hydrogen-bond donors (Lipinski definition) is 2. The summed E-state index contributed by atoms with van der Waals surface area (Å²) in [6.07, 6.45) is 0. The van der Waals surface area contributed by atoms with Gasteiger partial charge in [-0.1, -0.05) is 12.1 Å². The van der Waals surface area contributed by atoms with Gasteiger partial charge in [-0.05, 0) is 38.5 Å². The van der Waals surface area contributed by atoms with Crippen molar-refractivity contribution in [2.24, 2.45) is 4.99 Å². The van der Waals surface area contributed by atoms with Gasteiger partial charge in [0.1, 0.15) is 5.75 Å². The van der Waals surface area contributed by atoms with E-state index in [0.717, 1.165) is 41.1 Å². The van der Waals surface area contributed by atoms with Crippen molar-refractivity contribution < 1.29 is 4.74 Å². The van der Waals surface area contributed by atoms with Gasteiger partial charge in [0.15, 0.2) is 5.96 Å². The number of methoxy groups -OCH3 is 1. The highest BCUT2D eigenvalue weighted by Crippen LogP contribution is 2.16. The fraction of sp³-hybridized carbons (Fsp3) is 0.412. The first-order valence-electron chi connectivity index (χ1n) is 7.70. The number of halogens is 1. The van der Waals surface area contributed by atoms with Crippen molar-refractivity contribution in [3.63, 3.8) is 0 Å². The summed E-state index contributed by atoms with van der Waals surface area (Å²) in [5, 5.41) is 7.74. The lowest BCUT2D eigenvalue weighted by Gasteiger charge is -2.11. The van der Waals surface area contributed by atoms with E-state index < -0.39 is 0 Å². The van der Waals surface area contributed by atoms with Crippen molar-refractivity contribution in [3.05, 3.63) is 45.4 Å². The number of aryl methyl sites for hydroxylation is 2. The summed E-state index contributed by atoms with van der Waals surface area (Å²) in [7, 11) is 1.67. The number of rotatable bonds is 6. The van der Waals surface area contributed by atoms with E-state index >= 15 is 0 Å². The summed E-state index contributed by atoms with van der Waals surface area (Å²) in [6, 6.07) is 7.97. The van der Waals surface area contributed by atoms with Gasteiger partial charge in [-0.3, -0.25) is 0 Å². The van der Waals surface area contributed by atoms with Crippen molar-refractivity contribution >= 4 is 41.3 Å². The Morgan fingerprint density at radius 1 is 1.21 bits per heavy atom. The van der Waals surface area contributed by atoms with Gasteiger partial charge in [0.05, 0.1) is 30.9 Å². The second kappa shape index (κ2) is 10.5. The first-order chi connectivity index (χ1) is 11.1. The Kier molecular flexibility index (Phi) is 9.05. The average Bonchev–Trinajstić information content (AvgIpc) is 2.88. The predicted molar refractivity (Wildman–Crippen MR) is 112 cm³/mol. The standard InChI is InChI=1S/C17H24N4OS.HI/c1-5-18-17(20-11-16-12(2)21-13(3)23-16)19-10-14-6-8-15(22-4)9-7-14;/h6-9H,5,10-11H2,1-4H3,(H2,18,19,20);1H. The summed E-state index contributed by atoms with van der Waals surface area (Å²) in [5.74, 6) is 1.67. The second-order valence-corrected chi connectivity index (χ2v) is 6.43. The molecule has 0 unspecified atom stereocenters. The van der Waals surface area contributed by atoms with Crippen molar-refractivity contribution in [1.29, 1.82) is 0 Å². The first-order valence-corrected chi connectivity index (χ1v) is 8.52. The molecule has 0 saturated heterocycles. The topological polar surface area (TPSA) is 58.5 Å². The van der Waals surface area contributed by atoms with Crippen LogP contribution in [0.25, 0.3) is 0 Å². The van der Waals surface area contributed by atoms with E-state index in [1.54, 1.807) is 18.4 Å². The molecule has 1 aromatic heterocycles. The zero-order chi connectivity index (χ0) is 16.7. The average molecular weight is 460 g/mol. The van der Waals surface area contributed by atoms with E-state index in [2.05, 4.69) is 27.5 Å². The van der Waals surface area contributed by atoms with E-state index in [1.807, 2.05) is 38.1 Å². The monoisotopic (exact) mass is 460 g/mol. The molecule has 7 heteroatoms. The van der Waals surface area contributed by atoms with Crippen LogP contribution in [-0.2, 0) is 13.1 Å². The Bertz CT molecular complexity index is 655. The van der Waals surface area contributed by atoms with Gasteiger partial charge in [-0.2, -0.15) is 0 Å². The molecule has 0 aliphatic rings. The van der Waals surface area contributed by atoms with E-state index in [0.29, 0.717) is 6.54 Å². The molecule has 132 valence electrons. The van der Waals surface area contributed by atoms with Crippen LogP contribution in [0.1, 0.15) is 28.1 Å². The molecule has 2 N–H and O–H groups in total. The van der Waals surface area contributed by atoms with Crippen LogP contribution in [0.4, 0.5) is 0 Å². The molecule has 2 aromatic rings. The molecule has 0 radical (unpaired) electrons. The Morgan fingerprint density at radius 3 is 2.46 bits per heavy atom. The molecule has 1 heterocycles. The smallest absolute Gasteiger partial charge is 0.191 e. The van der Waals surface area contributed by atoms with E-state index in [1.165, 1.54) is 4.88 Å². The number of aliphatic imine (C=N–C) groups is 1. The number of nitrogens with one attached hydrogen (secondary N) is 2. The SMILES string of the molecule is CCNC(=NCc1ccc(OC)cc1)NCc1sc(C)nc1C.I. The molecule has 0 fully saturated rings. The normalized spacial score (nSPS) is 10.9. The van der Waals surface area contributed by atoms with Crippen LogP contribution in [0.2, 0.25) is 0 Å². The molecule has 24 heavy (non-hydrogen) atoms. The van der Waals surface area contributed by atoms with Crippen LogP contribution in [0, 0.1) is 13.8 Å². The Morgan fingerprint density at radius 2 is 1.92 bits per heavy atom. The van der Waals surface area contributed by atoms with E-state index in [-0.39, 0.29) is 24.0 Å². The minimum absolute atomic E-state index is 0. The third kappa shape index (κ3) is 6.27. The molecule has 2 rings (SSSR count). The van der Waals surface area contributed by atoms with Crippen molar-refractivity contribution in [2.45, 2.75) is 33.9 Å². The zero-order valence-electron chi connectivity index (χ0n) is 14.5. The summed E-state index contributed by atoms with van der Waals surface area (Å²) in [6.45, 7) is 8.33. The molecule has 1 aromatic carbocycles. The molecule has 0 amide bonds. The lowest BCUT2D eigenvalue weighted by molar-refractivity contribution is 0.414. The Labute approximate surface area is 165 Å². The highest BCUT2D eigenvalue weighted by atomic mass is 127. The van der Waals surface area contributed by atoms with Crippen LogP contribution >= 0.6 is 35.3 Å². The number of thiazole rings is 1. The molecule has 0 atom stereocenters. The van der Waals surface area contributed by atoms with E-state index in [9.17, 15) is 0 Å². The Hall–Kier alpha value is -1.35. The largest absolute Gasteiger partial charge is 0.497 e. The Balaban J connectivity index is 0.00000288. The fourth-order valence-electron chi connectivity index (χ4n) is 2.14. The van der Waals surface area contributed by atoms with Crippen molar-refractivity contribution in [1.82, 2.24) is 15.6 Å². The lowest BCUT2D eigenvalue weighted by Crippen LogP contribution is -2.36. The number of guanidine groups is 1. The fourth-order valence-corrected chi connectivity index (χ4v) is 3.02. The maximum atomic E-state index is 5.17. The van der Waals surface area contributed by atoms with Crippen molar-refractivity contribution in [2.75, 3.05) is 13.7 Å². The van der Waals surface area contributed by atoms with Crippen LogP contribution in [0.15, 0.2) is 29.3 Å². The highest BCUT2D eigenvalue weighted by Gasteiger charge is 2.05. The quantitative estimate of drug-likeness (QED) is 0.393. The maximum absolute atomic E-state index is 5.17. The lowest BCUT2D eigenvalue weighted by atomic mass is 10.2. The molecule has 5 nitrogen and oxygen atoms in total. The molecular formula is C17H25IN4OS. The number of aromatic nitrogens is 1. The molecule has 0 bridgehead atoms. The number of benzene rings is 1. The molecule has 0 aliphatic carbocycles. The zero-order valence-corrected chi connectivity index (χ0v) is 17.7. The van der Waals surface area contributed by atoms with Crippen LogP contribution in [0.3, 0.4) is 0 Å². The summed E-state index contributed by atoms with van der Waals surface area (Å²) in [4.78, 5) is 10.3. The summed E-state index contributed by atoms with van der Waals surface area (Å²) in [5.41, 5.74) is 2.24. The number of ether oxygens (including phenoxy) is 1. The molecular weight excluding hydrogens is 435 g/mol. The van der Waals surface area contributed by atoms with Crippen LogP contribution in [0.5, 0.6) is 5.75 Å². The summed E-state index contributed by atoms with van der Waals surface area (Å²) >= 11 is 1.72. The van der Waals surface area contributed by atoms with Gasteiger partial charge in [-0.25, -0.2) is 9.98 Å².